The lowest BCUT2D eigenvalue weighted by Gasteiger charge is -2.23. The second kappa shape index (κ2) is 6.18. The number of amides is 1. The fourth-order valence-corrected chi connectivity index (χ4v) is 5.09. The highest BCUT2D eigenvalue weighted by atomic mass is 32.2. The van der Waals surface area contributed by atoms with E-state index in [1.165, 1.54) is 22.8 Å². The summed E-state index contributed by atoms with van der Waals surface area (Å²) in [6, 6.07) is 3.96. The van der Waals surface area contributed by atoms with Gasteiger partial charge in [-0.1, -0.05) is 0 Å². The Morgan fingerprint density at radius 1 is 1.35 bits per heavy atom. The first-order valence-corrected chi connectivity index (χ1v) is 9.08. The number of nitrogens with one attached hydrogen (secondary N) is 2. The number of carbonyl (C=O) groups excluding carboxylic acids is 1. The average molecular weight is 309 g/mol. The van der Waals surface area contributed by atoms with Gasteiger partial charge in [-0.15, -0.1) is 0 Å². The summed E-state index contributed by atoms with van der Waals surface area (Å²) in [7, 11) is 0. The molecule has 0 radical (unpaired) electrons. The zero-order chi connectivity index (χ0) is 13.9. The van der Waals surface area contributed by atoms with Gasteiger partial charge in [0.15, 0.2) is 0 Å². The van der Waals surface area contributed by atoms with Crippen molar-refractivity contribution in [2.75, 3.05) is 40.2 Å². The molecule has 1 aromatic carbocycles. The molecule has 108 valence electrons. The molecule has 1 unspecified atom stereocenters. The Bertz CT molecular complexity index is 515. The van der Waals surface area contributed by atoms with Crippen molar-refractivity contribution in [2.24, 2.45) is 0 Å². The highest BCUT2D eigenvalue weighted by Crippen LogP contribution is 2.32. The first kappa shape index (κ1) is 13.9. The van der Waals surface area contributed by atoms with Crippen LogP contribution in [0.3, 0.4) is 0 Å². The summed E-state index contributed by atoms with van der Waals surface area (Å²) in [6.07, 6.45) is 1.36. The lowest BCUT2D eigenvalue weighted by atomic mass is 10.0. The Labute approximate surface area is 127 Å². The van der Waals surface area contributed by atoms with Crippen LogP contribution in [0, 0.1) is 0 Å². The Kier molecular flexibility index (Phi) is 4.31. The first-order chi connectivity index (χ1) is 9.72. The summed E-state index contributed by atoms with van der Waals surface area (Å²) in [6.45, 7) is 0.951. The molecule has 0 aromatic heterocycles. The molecule has 1 aromatic rings. The SMILES string of the molecule is Nc1cc2c(cc1NCC1CSCCS1)CCC(=O)N2. The Morgan fingerprint density at radius 3 is 3.05 bits per heavy atom. The van der Waals surface area contributed by atoms with Crippen LogP contribution in [0.1, 0.15) is 12.0 Å². The summed E-state index contributed by atoms with van der Waals surface area (Å²) in [5.74, 6) is 3.79. The van der Waals surface area contributed by atoms with Gasteiger partial charge < -0.3 is 16.4 Å². The lowest BCUT2D eigenvalue weighted by Crippen LogP contribution is -2.24. The fraction of sp³-hybridized carbons (Fsp3) is 0.500. The third-order valence-corrected chi connectivity index (χ3v) is 6.42. The Balaban J connectivity index is 1.68. The van der Waals surface area contributed by atoms with Gasteiger partial charge in [0, 0.05) is 41.2 Å². The highest BCUT2D eigenvalue weighted by molar-refractivity contribution is 8.06. The second-order valence-electron chi connectivity index (χ2n) is 5.09. The van der Waals surface area contributed by atoms with E-state index < -0.39 is 0 Å². The quantitative estimate of drug-likeness (QED) is 0.748. The predicted octanol–water partition coefficient (Wildman–Crippen LogP) is 2.41. The molecule has 1 fully saturated rings. The van der Waals surface area contributed by atoms with Gasteiger partial charge >= 0.3 is 0 Å². The van der Waals surface area contributed by atoms with E-state index in [9.17, 15) is 4.79 Å². The van der Waals surface area contributed by atoms with Crippen LogP contribution < -0.4 is 16.4 Å². The Morgan fingerprint density at radius 2 is 2.25 bits per heavy atom. The van der Waals surface area contributed by atoms with Gasteiger partial charge in [0.05, 0.1) is 11.4 Å². The zero-order valence-electron chi connectivity index (χ0n) is 11.3. The molecular formula is C14H19N3OS2. The molecule has 1 amide bonds. The molecular weight excluding hydrogens is 290 g/mol. The smallest absolute Gasteiger partial charge is 0.224 e. The van der Waals surface area contributed by atoms with Gasteiger partial charge in [-0.05, 0) is 24.1 Å². The van der Waals surface area contributed by atoms with E-state index in [1.807, 2.05) is 29.6 Å². The van der Waals surface area contributed by atoms with Crippen molar-refractivity contribution in [1.29, 1.82) is 0 Å². The maximum absolute atomic E-state index is 11.4. The third-order valence-electron chi connectivity index (χ3n) is 3.58. The van der Waals surface area contributed by atoms with Crippen molar-refractivity contribution >= 4 is 46.5 Å². The second-order valence-corrected chi connectivity index (χ2v) is 7.65. The van der Waals surface area contributed by atoms with E-state index >= 15 is 0 Å². The largest absolute Gasteiger partial charge is 0.397 e. The molecule has 0 saturated carbocycles. The first-order valence-electron chi connectivity index (χ1n) is 6.88. The molecule has 1 saturated heterocycles. The van der Waals surface area contributed by atoms with E-state index in [0.717, 1.165) is 24.3 Å². The topological polar surface area (TPSA) is 67.1 Å². The van der Waals surface area contributed by atoms with Gasteiger partial charge in [-0.25, -0.2) is 0 Å². The van der Waals surface area contributed by atoms with Crippen molar-refractivity contribution < 1.29 is 4.79 Å². The molecule has 1 atom stereocenters. The van der Waals surface area contributed by atoms with Crippen LogP contribution in [-0.4, -0.2) is 35.0 Å². The summed E-state index contributed by atoms with van der Waals surface area (Å²) >= 11 is 4.06. The van der Waals surface area contributed by atoms with Gasteiger partial charge in [0.2, 0.25) is 5.91 Å². The van der Waals surface area contributed by atoms with Crippen LogP contribution in [0.5, 0.6) is 0 Å². The normalized spacial score (nSPS) is 22.0. The van der Waals surface area contributed by atoms with Gasteiger partial charge in [-0.3, -0.25) is 4.79 Å². The van der Waals surface area contributed by atoms with E-state index in [1.54, 1.807) is 0 Å². The molecule has 6 heteroatoms. The van der Waals surface area contributed by atoms with Crippen LogP contribution in [-0.2, 0) is 11.2 Å². The number of carbonyl (C=O) groups is 1. The van der Waals surface area contributed by atoms with E-state index in [-0.39, 0.29) is 5.91 Å². The molecule has 2 aliphatic heterocycles. The standard InChI is InChI=1S/C14H19N3OS2/c15-11-6-12-9(1-2-14(18)17-12)5-13(11)16-7-10-8-19-3-4-20-10/h5-6,10,16H,1-4,7-8,15H2,(H,17,18). The van der Waals surface area contributed by atoms with Crippen LogP contribution in [0.15, 0.2) is 12.1 Å². The molecule has 4 nitrogen and oxygen atoms in total. The molecule has 0 spiro atoms. The number of anilines is 3. The molecule has 4 N–H and O–H groups in total. The summed E-state index contributed by atoms with van der Waals surface area (Å²) < 4.78 is 0. The number of nitrogens with two attached hydrogens (primary N) is 1. The van der Waals surface area contributed by atoms with Crippen molar-refractivity contribution in [1.82, 2.24) is 0 Å². The minimum atomic E-state index is 0.0771. The summed E-state index contributed by atoms with van der Waals surface area (Å²) in [5, 5.41) is 7.01. The number of fused-ring (bicyclic) bond motifs is 1. The van der Waals surface area contributed by atoms with Crippen LogP contribution in [0.4, 0.5) is 17.1 Å². The van der Waals surface area contributed by atoms with Crippen molar-refractivity contribution in [2.45, 2.75) is 18.1 Å². The number of aryl methyl sites for hydroxylation is 1. The molecule has 0 aliphatic carbocycles. The van der Waals surface area contributed by atoms with Crippen molar-refractivity contribution in [3.63, 3.8) is 0 Å². The van der Waals surface area contributed by atoms with Gasteiger partial charge in [0.25, 0.3) is 0 Å². The van der Waals surface area contributed by atoms with E-state index in [0.29, 0.717) is 17.4 Å². The molecule has 3 rings (SSSR count). The highest BCUT2D eigenvalue weighted by Gasteiger charge is 2.18. The summed E-state index contributed by atoms with van der Waals surface area (Å²) in [5.41, 5.74) is 9.82. The number of thioether (sulfide) groups is 2. The monoisotopic (exact) mass is 309 g/mol. The predicted molar refractivity (Wildman–Crippen MR) is 89.9 cm³/mol. The van der Waals surface area contributed by atoms with Crippen LogP contribution in [0.25, 0.3) is 0 Å². The number of rotatable bonds is 3. The van der Waals surface area contributed by atoms with Gasteiger partial charge in [0.1, 0.15) is 0 Å². The van der Waals surface area contributed by atoms with Crippen molar-refractivity contribution in [3.8, 4) is 0 Å². The maximum atomic E-state index is 11.4. The minimum Gasteiger partial charge on any atom is -0.397 e. The number of benzene rings is 1. The number of hydrogen-bond donors (Lipinski definition) is 3. The van der Waals surface area contributed by atoms with E-state index in [4.69, 9.17) is 5.73 Å². The third kappa shape index (κ3) is 3.17. The zero-order valence-corrected chi connectivity index (χ0v) is 12.9. The van der Waals surface area contributed by atoms with Crippen molar-refractivity contribution in [3.05, 3.63) is 17.7 Å². The summed E-state index contributed by atoms with van der Waals surface area (Å²) in [4.78, 5) is 11.4. The Hall–Kier alpha value is -1.01. The molecule has 20 heavy (non-hydrogen) atoms. The fourth-order valence-electron chi connectivity index (χ4n) is 2.48. The molecule has 2 heterocycles. The minimum absolute atomic E-state index is 0.0771. The maximum Gasteiger partial charge on any atom is 0.224 e. The molecule has 0 bridgehead atoms. The molecule has 2 aliphatic rings. The number of nitrogen functional groups attached to an aromatic ring is 1. The van der Waals surface area contributed by atoms with Crippen LogP contribution >= 0.6 is 23.5 Å². The lowest BCUT2D eigenvalue weighted by molar-refractivity contribution is -0.116. The van der Waals surface area contributed by atoms with E-state index in [2.05, 4.69) is 16.7 Å². The van der Waals surface area contributed by atoms with Gasteiger partial charge in [-0.2, -0.15) is 23.5 Å². The van der Waals surface area contributed by atoms with Crippen LogP contribution in [0.2, 0.25) is 0 Å². The number of hydrogen-bond acceptors (Lipinski definition) is 5. The average Bonchev–Trinajstić information content (AvgIpc) is 2.46.